The summed E-state index contributed by atoms with van der Waals surface area (Å²) in [5.74, 6) is 1.43. The Morgan fingerprint density at radius 3 is 2.71 bits per heavy atom. The van der Waals surface area contributed by atoms with E-state index in [9.17, 15) is 0 Å². The third-order valence-electron chi connectivity index (χ3n) is 3.79. The lowest BCUT2D eigenvalue weighted by Crippen LogP contribution is -2.33. The number of furan rings is 1. The highest BCUT2D eigenvalue weighted by atomic mass is 35.5. The van der Waals surface area contributed by atoms with Gasteiger partial charge in [0.1, 0.15) is 11.3 Å². The molecule has 6 heteroatoms. The molecule has 0 unspecified atom stereocenters. The van der Waals surface area contributed by atoms with Crippen LogP contribution in [0.1, 0.15) is 5.56 Å². The summed E-state index contributed by atoms with van der Waals surface area (Å²) in [6.45, 7) is 2.00. The van der Waals surface area contributed by atoms with E-state index in [0.717, 1.165) is 16.5 Å². The zero-order valence-electron chi connectivity index (χ0n) is 13.7. The number of hydrogen-bond acceptors (Lipinski definition) is 3. The highest BCUT2D eigenvalue weighted by molar-refractivity contribution is 6.31. The Hall–Kier alpha value is -2.66. The first-order chi connectivity index (χ1) is 11.5. The van der Waals surface area contributed by atoms with Crippen LogP contribution >= 0.6 is 11.6 Å². The van der Waals surface area contributed by atoms with Gasteiger partial charge in [0.15, 0.2) is 0 Å². The number of aliphatic imine (C=N–C) groups is 1. The molecule has 24 heavy (non-hydrogen) atoms. The quantitative estimate of drug-likeness (QED) is 0.562. The minimum absolute atomic E-state index is 0.271. The molecule has 0 aliphatic carbocycles. The number of rotatable bonds is 3. The van der Waals surface area contributed by atoms with Crippen molar-refractivity contribution >= 4 is 40.1 Å². The van der Waals surface area contributed by atoms with Crippen molar-refractivity contribution in [3.8, 4) is 5.75 Å². The van der Waals surface area contributed by atoms with E-state index in [-0.39, 0.29) is 5.96 Å². The normalized spacial score (nSPS) is 11.8. The van der Waals surface area contributed by atoms with Crippen molar-refractivity contribution < 1.29 is 9.15 Å². The van der Waals surface area contributed by atoms with E-state index in [1.165, 1.54) is 0 Å². The Labute approximate surface area is 145 Å². The molecule has 0 spiro atoms. The Kier molecular flexibility index (Phi) is 4.36. The zero-order valence-corrected chi connectivity index (χ0v) is 14.5. The lowest BCUT2D eigenvalue weighted by Gasteiger charge is -2.22. The summed E-state index contributed by atoms with van der Waals surface area (Å²) in [6, 6.07) is 13.2. The lowest BCUT2D eigenvalue weighted by atomic mass is 10.2. The van der Waals surface area contributed by atoms with Crippen molar-refractivity contribution in [1.82, 2.24) is 0 Å². The maximum Gasteiger partial charge on any atom is 0.208 e. The monoisotopic (exact) mass is 343 g/mol. The van der Waals surface area contributed by atoms with Crippen LogP contribution in [0.4, 0.5) is 11.6 Å². The third-order valence-corrected chi connectivity index (χ3v) is 4.02. The summed E-state index contributed by atoms with van der Waals surface area (Å²) in [5.41, 5.74) is 8.64. The van der Waals surface area contributed by atoms with Gasteiger partial charge in [-0.1, -0.05) is 29.8 Å². The van der Waals surface area contributed by atoms with Crippen LogP contribution in [-0.4, -0.2) is 20.1 Å². The molecule has 2 N–H and O–H groups in total. The second-order valence-electron chi connectivity index (χ2n) is 5.31. The van der Waals surface area contributed by atoms with Gasteiger partial charge in [-0.25, -0.2) is 4.90 Å². The van der Waals surface area contributed by atoms with Gasteiger partial charge in [-0.3, -0.25) is 4.99 Å². The Bertz CT molecular complexity index is 918. The van der Waals surface area contributed by atoms with Crippen LogP contribution < -0.4 is 15.4 Å². The molecule has 0 atom stereocenters. The minimum atomic E-state index is 0.271. The van der Waals surface area contributed by atoms with Crippen LogP contribution in [0.3, 0.4) is 0 Å². The summed E-state index contributed by atoms with van der Waals surface area (Å²) < 4.78 is 11.5. The van der Waals surface area contributed by atoms with Gasteiger partial charge in [0.2, 0.25) is 11.8 Å². The van der Waals surface area contributed by atoms with Crippen molar-refractivity contribution in [3.05, 3.63) is 53.1 Å². The minimum Gasteiger partial charge on any atom is -0.495 e. The summed E-state index contributed by atoms with van der Waals surface area (Å²) in [6.07, 6.45) is 0. The number of fused-ring (bicyclic) bond motifs is 1. The number of hydrogen-bond donors (Lipinski definition) is 1. The molecular formula is C18H18ClN3O2. The standard InChI is InChI=1S/C18H18ClN3O2/c1-11-5-4-6-12-9-16(24-17(11)12)22(18(20)21-2)14-10-13(19)7-8-15(14)23-3/h4-10H,1-3H3,(H2,20,21). The van der Waals surface area contributed by atoms with E-state index in [2.05, 4.69) is 4.99 Å². The highest BCUT2D eigenvalue weighted by Crippen LogP contribution is 2.38. The third kappa shape index (κ3) is 2.78. The van der Waals surface area contributed by atoms with E-state index in [0.29, 0.717) is 22.3 Å². The molecule has 5 nitrogen and oxygen atoms in total. The molecule has 2 aromatic carbocycles. The van der Waals surface area contributed by atoms with E-state index in [1.54, 1.807) is 37.3 Å². The first kappa shape index (κ1) is 16.2. The van der Waals surface area contributed by atoms with Gasteiger partial charge in [0.25, 0.3) is 0 Å². The van der Waals surface area contributed by atoms with Crippen molar-refractivity contribution in [1.29, 1.82) is 0 Å². The first-order valence-electron chi connectivity index (χ1n) is 7.40. The molecule has 0 aliphatic rings. The topological polar surface area (TPSA) is 64.0 Å². The number of aryl methyl sites for hydroxylation is 1. The fourth-order valence-electron chi connectivity index (χ4n) is 2.60. The van der Waals surface area contributed by atoms with Crippen molar-refractivity contribution in [3.63, 3.8) is 0 Å². The number of methoxy groups -OCH3 is 1. The molecule has 0 saturated carbocycles. The maximum absolute atomic E-state index is 6.16. The second-order valence-corrected chi connectivity index (χ2v) is 5.75. The van der Waals surface area contributed by atoms with Gasteiger partial charge in [0, 0.05) is 23.5 Å². The molecule has 1 heterocycles. The predicted octanol–water partition coefficient (Wildman–Crippen LogP) is 4.49. The number of guanidine groups is 1. The smallest absolute Gasteiger partial charge is 0.208 e. The average molecular weight is 344 g/mol. The highest BCUT2D eigenvalue weighted by Gasteiger charge is 2.22. The second kappa shape index (κ2) is 6.45. The Balaban J connectivity index is 2.23. The summed E-state index contributed by atoms with van der Waals surface area (Å²) in [7, 11) is 3.21. The summed E-state index contributed by atoms with van der Waals surface area (Å²) in [5, 5.41) is 1.55. The van der Waals surface area contributed by atoms with Crippen molar-refractivity contribution in [2.45, 2.75) is 6.92 Å². The first-order valence-corrected chi connectivity index (χ1v) is 7.78. The molecular weight excluding hydrogens is 326 g/mol. The molecule has 0 amide bonds. The van der Waals surface area contributed by atoms with Crippen LogP contribution in [0.5, 0.6) is 5.75 Å². The fourth-order valence-corrected chi connectivity index (χ4v) is 2.76. The summed E-state index contributed by atoms with van der Waals surface area (Å²) >= 11 is 6.16. The van der Waals surface area contributed by atoms with Crippen molar-refractivity contribution in [2.75, 3.05) is 19.1 Å². The lowest BCUT2D eigenvalue weighted by molar-refractivity contribution is 0.415. The number of para-hydroxylation sites is 1. The molecule has 0 saturated heterocycles. The van der Waals surface area contributed by atoms with Crippen molar-refractivity contribution in [2.24, 2.45) is 10.7 Å². The Morgan fingerprint density at radius 1 is 1.25 bits per heavy atom. The number of halogens is 1. The van der Waals surface area contributed by atoms with Gasteiger partial charge in [-0.15, -0.1) is 0 Å². The van der Waals surface area contributed by atoms with Crippen LogP contribution in [0.15, 0.2) is 51.9 Å². The SMILES string of the molecule is CN=C(N)N(c1cc2cccc(C)c2o1)c1cc(Cl)ccc1OC. The average Bonchev–Trinajstić information content (AvgIpc) is 3.00. The van der Waals surface area contributed by atoms with E-state index in [4.69, 9.17) is 26.5 Å². The largest absolute Gasteiger partial charge is 0.495 e. The molecule has 3 rings (SSSR count). The van der Waals surface area contributed by atoms with E-state index < -0.39 is 0 Å². The molecule has 3 aromatic rings. The van der Waals surface area contributed by atoms with Gasteiger partial charge in [0.05, 0.1) is 12.8 Å². The van der Waals surface area contributed by atoms with Crippen LogP contribution in [0, 0.1) is 6.92 Å². The van der Waals surface area contributed by atoms with Crippen LogP contribution in [0.25, 0.3) is 11.0 Å². The number of ether oxygens (including phenoxy) is 1. The van der Waals surface area contributed by atoms with Crippen LogP contribution in [-0.2, 0) is 0 Å². The van der Waals surface area contributed by atoms with Crippen LogP contribution in [0.2, 0.25) is 5.02 Å². The zero-order chi connectivity index (χ0) is 17.3. The number of benzene rings is 2. The van der Waals surface area contributed by atoms with Gasteiger partial charge < -0.3 is 14.9 Å². The maximum atomic E-state index is 6.16. The molecule has 124 valence electrons. The molecule has 0 bridgehead atoms. The predicted molar refractivity (Wildman–Crippen MR) is 98.6 cm³/mol. The number of anilines is 2. The molecule has 0 fully saturated rings. The van der Waals surface area contributed by atoms with Gasteiger partial charge >= 0.3 is 0 Å². The molecule has 1 aromatic heterocycles. The van der Waals surface area contributed by atoms with E-state index in [1.807, 2.05) is 31.2 Å². The Morgan fingerprint density at radius 2 is 2.04 bits per heavy atom. The molecule has 0 aliphatic heterocycles. The summed E-state index contributed by atoms with van der Waals surface area (Å²) in [4.78, 5) is 5.79. The van der Waals surface area contributed by atoms with Gasteiger partial charge in [-0.2, -0.15) is 0 Å². The number of nitrogens with two attached hydrogens (primary N) is 1. The van der Waals surface area contributed by atoms with E-state index >= 15 is 0 Å². The fraction of sp³-hybridized carbons (Fsp3) is 0.167. The molecule has 0 radical (unpaired) electrons. The number of nitrogens with zero attached hydrogens (tertiary/aromatic N) is 2. The van der Waals surface area contributed by atoms with Gasteiger partial charge in [-0.05, 0) is 30.7 Å².